The summed E-state index contributed by atoms with van der Waals surface area (Å²) in [6.07, 6.45) is 0. The number of amides is 1. The highest BCUT2D eigenvalue weighted by Crippen LogP contribution is 2.25. The highest BCUT2D eigenvalue weighted by atomic mass is 32.2. The molecule has 8 heteroatoms. The predicted molar refractivity (Wildman–Crippen MR) is 106 cm³/mol. The molecule has 0 aliphatic rings. The third kappa shape index (κ3) is 5.55. The van der Waals surface area contributed by atoms with Crippen molar-refractivity contribution in [3.8, 4) is 5.75 Å². The van der Waals surface area contributed by atoms with Crippen LogP contribution in [0.3, 0.4) is 0 Å². The van der Waals surface area contributed by atoms with Crippen LogP contribution in [-0.2, 0) is 14.8 Å². The maximum absolute atomic E-state index is 13.1. The van der Waals surface area contributed by atoms with E-state index in [0.29, 0.717) is 23.8 Å². The molecule has 0 aromatic heterocycles. The summed E-state index contributed by atoms with van der Waals surface area (Å²) in [4.78, 5) is 12.3. The fourth-order valence-corrected chi connectivity index (χ4v) is 3.69. The average Bonchev–Trinajstić information content (AvgIpc) is 2.66. The molecular weight excluding hydrogens is 366 g/mol. The Hall–Kier alpha value is -2.87. The monoisotopic (exact) mass is 389 g/mol. The van der Waals surface area contributed by atoms with E-state index in [-0.39, 0.29) is 4.90 Å². The van der Waals surface area contributed by atoms with Crippen molar-refractivity contribution in [1.82, 2.24) is 5.43 Å². The summed E-state index contributed by atoms with van der Waals surface area (Å²) in [5.41, 5.74) is 3.37. The van der Waals surface area contributed by atoms with Crippen LogP contribution in [0.15, 0.2) is 64.6 Å². The molecule has 0 fully saturated rings. The minimum atomic E-state index is -3.93. The van der Waals surface area contributed by atoms with Gasteiger partial charge in [0.2, 0.25) is 0 Å². The van der Waals surface area contributed by atoms with Crippen LogP contribution in [0.4, 0.5) is 5.69 Å². The molecule has 1 amide bonds. The molecule has 0 unspecified atom stereocenters. The molecule has 2 rings (SSSR count). The summed E-state index contributed by atoms with van der Waals surface area (Å²) < 4.78 is 32.6. The molecule has 144 valence electrons. The molecule has 0 atom stereocenters. The molecule has 0 aliphatic carbocycles. The van der Waals surface area contributed by atoms with Crippen LogP contribution in [0.2, 0.25) is 0 Å². The number of carbonyl (C=O) groups excluding carboxylic acids is 1. The second kappa shape index (κ2) is 9.18. The van der Waals surface area contributed by atoms with E-state index in [2.05, 4.69) is 10.5 Å². The Morgan fingerprint density at radius 2 is 1.70 bits per heavy atom. The molecule has 0 aliphatic heterocycles. The number of carbonyl (C=O) groups is 1. The van der Waals surface area contributed by atoms with Crippen LogP contribution in [0.5, 0.6) is 5.75 Å². The average molecular weight is 389 g/mol. The summed E-state index contributed by atoms with van der Waals surface area (Å²) in [5, 5.41) is 3.84. The van der Waals surface area contributed by atoms with Crippen LogP contribution in [0, 0.1) is 0 Å². The van der Waals surface area contributed by atoms with Crippen molar-refractivity contribution in [2.45, 2.75) is 25.7 Å². The zero-order valence-corrected chi connectivity index (χ0v) is 16.4. The van der Waals surface area contributed by atoms with Crippen molar-refractivity contribution in [2.75, 3.05) is 17.5 Å². The van der Waals surface area contributed by atoms with Crippen molar-refractivity contribution in [2.24, 2.45) is 5.10 Å². The first-order valence-electron chi connectivity index (χ1n) is 8.45. The van der Waals surface area contributed by atoms with E-state index in [1.54, 1.807) is 56.3 Å². The molecule has 0 heterocycles. The lowest BCUT2D eigenvalue weighted by Crippen LogP contribution is -2.39. The van der Waals surface area contributed by atoms with Gasteiger partial charge in [-0.3, -0.25) is 9.10 Å². The lowest BCUT2D eigenvalue weighted by Gasteiger charge is -2.24. The Bertz CT molecular complexity index is 890. The molecule has 0 bridgehead atoms. The fraction of sp³-hybridized carbons (Fsp3) is 0.263. The lowest BCUT2D eigenvalue weighted by atomic mass is 10.3. The number of anilines is 1. The SMILES string of the molecule is CCOc1ccc(N(CC(=O)NN=C(C)C)S(=O)(=O)c2ccccc2)cc1. The number of hydrogen-bond acceptors (Lipinski definition) is 5. The summed E-state index contributed by atoms with van der Waals surface area (Å²) in [5.74, 6) is 0.0820. The van der Waals surface area contributed by atoms with Gasteiger partial charge < -0.3 is 4.74 Å². The van der Waals surface area contributed by atoms with E-state index in [1.807, 2.05) is 6.92 Å². The van der Waals surface area contributed by atoms with Gasteiger partial charge in [-0.25, -0.2) is 13.8 Å². The number of ether oxygens (including phenoxy) is 1. The normalized spacial score (nSPS) is 10.8. The summed E-state index contributed by atoms with van der Waals surface area (Å²) in [7, 11) is -3.93. The highest BCUT2D eigenvalue weighted by Gasteiger charge is 2.27. The van der Waals surface area contributed by atoms with Gasteiger partial charge in [-0.05, 0) is 57.2 Å². The maximum atomic E-state index is 13.1. The largest absolute Gasteiger partial charge is 0.494 e. The Kier molecular flexibility index (Phi) is 6.95. The minimum Gasteiger partial charge on any atom is -0.494 e. The number of hydrazone groups is 1. The van der Waals surface area contributed by atoms with Crippen molar-refractivity contribution in [3.63, 3.8) is 0 Å². The number of rotatable bonds is 8. The topological polar surface area (TPSA) is 88.1 Å². The van der Waals surface area contributed by atoms with E-state index < -0.39 is 22.5 Å². The number of sulfonamides is 1. The molecular formula is C19H23N3O4S. The first kappa shape index (κ1) is 20.4. The molecule has 0 spiro atoms. The van der Waals surface area contributed by atoms with Crippen LogP contribution < -0.4 is 14.5 Å². The van der Waals surface area contributed by atoms with Crippen molar-refractivity contribution >= 4 is 27.3 Å². The molecule has 2 aromatic rings. The van der Waals surface area contributed by atoms with Gasteiger partial charge in [0.1, 0.15) is 12.3 Å². The lowest BCUT2D eigenvalue weighted by molar-refractivity contribution is -0.119. The standard InChI is InChI=1S/C19H23N3O4S/c1-4-26-17-12-10-16(11-13-17)22(14-19(23)21-20-15(2)3)27(24,25)18-8-6-5-7-9-18/h5-13H,4,14H2,1-3H3,(H,21,23). The van der Waals surface area contributed by atoms with Gasteiger partial charge in [-0.2, -0.15) is 5.10 Å². The third-order valence-electron chi connectivity index (χ3n) is 3.46. The highest BCUT2D eigenvalue weighted by molar-refractivity contribution is 7.92. The summed E-state index contributed by atoms with van der Waals surface area (Å²) >= 11 is 0. The van der Waals surface area contributed by atoms with E-state index in [9.17, 15) is 13.2 Å². The second-order valence-electron chi connectivity index (χ2n) is 5.85. The van der Waals surface area contributed by atoms with Gasteiger partial charge >= 0.3 is 0 Å². The van der Waals surface area contributed by atoms with Gasteiger partial charge in [0.15, 0.2) is 0 Å². The van der Waals surface area contributed by atoms with Crippen LogP contribution in [-0.4, -0.2) is 33.2 Å². The van der Waals surface area contributed by atoms with Gasteiger partial charge in [-0.1, -0.05) is 18.2 Å². The van der Waals surface area contributed by atoms with E-state index in [1.165, 1.54) is 12.1 Å². The predicted octanol–water partition coefficient (Wildman–Crippen LogP) is 2.79. The van der Waals surface area contributed by atoms with Gasteiger partial charge in [-0.15, -0.1) is 0 Å². The maximum Gasteiger partial charge on any atom is 0.264 e. The van der Waals surface area contributed by atoms with Crippen molar-refractivity contribution in [1.29, 1.82) is 0 Å². The first-order valence-corrected chi connectivity index (χ1v) is 9.89. The molecule has 2 aromatic carbocycles. The second-order valence-corrected chi connectivity index (χ2v) is 7.71. The number of nitrogens with zero attached hydrogens (tertiary/aromatic N) is 2. The van der Waals surface area contributed by atoms with Crippen LogP contribution in [0.1, 0.15) is 20.8 Å². The smallest absolute Gasteiger partial charge is 0.264 e. The van der Waals surface area contributed by atoms with E-state index >= 15 is 0 Å². The van der Waals surface area contributed by atoms with Gasteiger partial charge in [0, 0.05) is 5.71 Å². The van der Waals surface area contributed by atoms with Gasteiger partial charge in [0.05, 0.1) is 17.2 Å². The Morgan fingerprint density at radius 3 is 2.26 bits per heavy atom. The van der Waals surface area contributed by atoms with Crippen LogP contribution in [0.25, 0.3) is 0 Å². The number of nitrogens with one attached hydrogen (secondary N) is 1. The number of benzene rings is 2. The number of hydrogen-bond donors (Lipinski definition) is 1. The quantitative estimate of drug-likeness (QED) is 0.555. The van der Waals surface area contributed by atoms with Crippen molar-refractivity contribution in [3.05, 3.63) is 54.6 Å². The molecule has 1 N–H and O–H groups in total. The Morgan fingerprint density at radius 1 is 1.07 bits per heavy atom. The first-order chi connectivity index (χ1) is 12.8. The molecule has 27 heavy (non-hydrogen) atoms. The molecule has 7 nitrogen and oxygen atoms in total. The zero-order valence-electron chi connectivity index (χ0n) is 15.5. The van der Waals surface area contributed by atoms with Crippen molar-refractivity contribution < 1.29 is 17.9 Å². The fourth-order valence-electron chi connectivity index (χ4n) is 2.25. The summed E-state index contributed by atoms with van der Waals surface area (Å²) in [6, 6.07) is 14.5. The van der Waals surface area contributed by atoms with E-state index in [4.69, 9.17) is 4.74 Å². The van der Waals surface area contributed by atoms with Crippen LogP contribution >= 0.6 is 0 Å². The van der Waals surface area contributed by atoms with Gasteiger partial charge in [0.25, 0.3) is 15.9 Å². The molecule has 0 saturated heterocycles. The minimum absolute atomic E-state index is 0.0989. The third-order valence-corrected chi connectivity index (χ3v) is 5.25. The molecule has 0 saturated carbocycles. The Labute approximate surface area is 159 Å². The van der Waals surface area contributed by atoms with E-state index in [0.717, 1.165) is 4.31 Å². The summed E-state index contributed by atoms with van der Waals surface area (Å²) in [6.45, 7) is 5.42. The molecule has 0 radical (unpaired) electrons. The Balaban J connectivity index is 2.39. The zero-order chi connectivity index (χ0) is 19.9.